The lowest BCUT2D eigenvalue weighted by molar-refractivity contribution is -0.0794. The Balaban J connectivity index is 1.82. The van der Waals surface area contributed by atoms with Crippen LogP contribution in [0.3, 0.4) is 0 Å². The average Bonchev–Trinajstić information content (AvgIpc) is 2.78. The zero-order valence-corrected chi connectivity index (χ0v) is 16.8. The van der Waals surface area contributed by atoms with Gasteiger partial charge in [0.05, 0.1) is 12.2 Å². The molecule has 2 aliphatic rings. The summed E-state index contributed by atoms with van der Waals surface area (Å²) in [7, 11) is 0. The molecular weight excluding hydrogens is 439 g/mol. The van der Waals surface area contributed by atoms with Crippen LogP contribution in [0.5, 0.6) is 0 Å². The number of halogens is 2. The fraction of sp³-hybridized carbons (Fsp3) is 0.667. The second-order valence-electron chi connectivity index (χ2n) is 7.40. The summed E-state index contributed by atoms with van der Waals surface area (Å²) in [5, 5.41) is 0. The third kappa shape index (κ3) is 2.51. The van der Waals surface area contributed by atoms with Crippen LogP contribution in [-0.2, 0) is 4.74 Å². The van der Waals surface area contributed by atoms with E-state index in [4.69, 9.17) is 4.74 Å². The van der Waals surface area contributed by atoms with Crippen molar-refractivity contribution in [2.75, 3.05) is 4.43 Å². The number of alkyl halides is 1. The van der Waals surface area contributed by atoms with Gasteiger partial charge in [0.2, 0.25) is 0 Å². The lowest BCUT2D eigenvalue weighted by Gasteiger charge is -2.40. The van der Waals surface area contributed by atoms with E-state index in [0.717, 1.165) is 10.3 Å². The van der Waals surface area contributed by atoms with Crippen molar-refractivity contribution in [3.63, 3.8) is 0 Å². The Morgan fingerprint density at radius 2 is 2.05 bits per heavy atom. The lowest BCUT2D eigenvalue weighted by atomic mass is 9.70. The summed E-state index contributed by atoms with van der Waals surface area (Å²) < 4.78 is 8.83. The van der Waals surface area contributed by atoms with Gasteiger partial charge in [0.15, 0.2) is 0 Å². The molecule has 0 saturated heterocycles. The summed E-state index contributed by atoms with van der Waals surface area (Å²) in [6.45, 7) is 7.35. The average molecular weight is 463 g/mol. The summed E-state index contributed by atoms with van der Waals surface area (Å²) in [6, 6.07) is 8.48. The monoisotopic (exact) mass is 462 g/mol. The maximum Gasteiger partial charge on any atom is 0.0929 e. The first-order valence-electron chi connectivity index (χ1n) is 7.86. The van der Waals surface area contributed by atoms with Crippen molar-refractivity contribution in [1.82, 2.24) is 0 Å². The molecule has 0 N–H and O–H groups in total. The molecule has 2 bridgehead atoms. The van der Waals surface area contributed by atoms with E-state index in [1.54, 1.807) is 0 Å². The highest BCUT2D eigenvalue weighted by Gasteiger charge is 2.62. The number of benzene rings is 1. The molecule has 2 fully saturated rings. The van der Waals surface area contributed by atoms with E-state index in [0.29, 0.717) is 16.9 Å². The van der Waals surface area contributed by atoms with Crippen LogP contribution in [0.15, 0.2) is 28.7 Å². The standard InChI is InChI=1S/C18H24BrIO/c1-17(2)12-8-9-18(17,3)16(10-12)21-15(11-20)13-6-4-5-7-14(13)19/h4-7,12,15-16H,8-11H2,1-3H3. The summed E-state index contributed by atoms with van der Waals surface area (Å²) in [5.41, 5.74) is 2.04. The molecule has 2 aliphatic carbocycles. The molecule has 1 nitrogen and oxygen atoms in total. The van der Waals surface area contributed by atoms with E-state index in [-0.39, 0.29) is 6.10 Å². The molecule has 2 saturated carbocycles. The van der Waals surface area contributed by atoms with Crippen molar-refractivity contribution in [2.24, 2.45) is 16.7 Å². The van der Waals surface area contributed by atoms with Gasteiger partial charge in [-0.15, -0.1) is 0 Å². The minimum Gasteiger partial charge on any atom is -0.369 e. The van der Waals surface area contributed by atoms with Crippen LogP contribution in [0, 0.1) is 16.7 Å². The van der Waals surface area contributed by atoms with Gasteiger partial charge in [-0.2, -0.15) is 0 Å². The van der Waals surface area contributed by atoms with E-state index in [1.165, 1.54) is 29.3 Å². The number of ether oxygens (including phenoxy) is 1. The first-order valence-corrected chi connectivity index (χ1v) is 10.2. The molecular formula is C18H24BrIO. The molecule has 4 atom stereocenters. The van der Waals surface area contributed by atoms with Crippen LogP contribution in [0.1, 0.15) is 51.7 Å². The van der Waals surface area contributed by atoms with Gasteiger partial charge in [0, 0.05) is 8.90 Å². The van der Waals surface area contributed by atoms with Crippen molar-refractivity contribution in [3.8, 4) is 0 Å². The van der Waals surface area contributed by atoms with Crippen LogP contribution in [0.25, 0.3) is 0 Å². The molecule has 0 heterocycles. The summed E-state index contributed by atoms with van der Waals surface area (Å²) in [6.07, 6.45) is 4.53. The Hall–Kier alpha value is 0.390. The molecule has 1 aromatic carbocycles. The summed E-state index contributed by atoms with van der Waals surface area (Å²) >= 11 is 6.13. The minimum absolute atomic E-state index is 0.193. The summed E-state index contributed by atoms with van der Waals surface area (Å²) in [5.74, 6) is 0.835. The van der Waals surface area contributed by atoms with Gasteiger partial charge in [-0.1, -0.05) is 77.5 Å². The quantitative estimate of drug-likeness (QED) is 0.384. The highest BCUT2D eigenvalue weighted by atomic mass is 127. The molecule has 21 heavy (non-hydrogen) atoms. The Morgan fingerprint density at radius 1 is 1.33 bits per heavy atom. The van der Waals surface area contributed by atoms with Crippen LogP contribution in [0.2, 0.25) is 0 Å². The van der Waals surface area contributed by atoms with Crippen LogP contribution < -0.4 is 0 Å². The fourth-order valence-corrected chi connectivity index (χ4v) is 5.69. The fourth-order valence-electron chi connectivity index (χ4n) is 4.46. The number of hydrogen-bond donors (Lipinski definition) is 0. The molecule has 0 aromatic heterocycles. The lowest BCUT2D eigenvalue weighted by Crippen LogP contribution is -2.38. The number of hydrogen-bond acceptors (Lipinski definition) is 1. The summed E-state index contributed by atoms with van der Waals surface area (Å²) in [4.78, 5) is 0. The Morgan fingerprint density at radius 3 is 2.57 bits per heavy atom. The number of fused-ring (bicyclic) bond motifs is 2. The molecule has 116 valence electrons. The zero-order valence-electron chi connectivity index (χ0n) is 13.0. The van der Waals surface area contributed by atoms with Crippen molar-refractivity contribution in [1.29, 1.82) is 0 Å². The topological polar surface area (TPSA) is 9.23 Å². The molecule has 1 aromatic rings. The highest BCUT2D eigenvalue weighted by Crippen LogP contribution is 2.66. The predicted molar refractivity (Wildman–Crippen MR) is 99.9 cm³/mol. The maximum absolute atomic E-state index is 6.66. The van der Waals surface area contributed by atoms with Gasteiger partial charge in [-0.05, 0) is 47.6 Å². The first kappa shape index (κ1) is 16.3. The Labute approximate surface area is 150 Å². The van der Waals surface area contributed by atoms with Crippen LogP contribution in [0.4, 0.5) is 0 Å². The Kier molecular flexibility index (Phi) is 4.48. The SMILES string of the molecule is CC1(C)C2CCC1(C)C(OC(CI)c1ccccc1Br)C2. The molecule has 0 amide bonds. The van der Waals surface area contributed by atoms with Crippen molar-refractivity contribution in [3.05, 3.63) is 34.3 Å². The van der Waals surface area contributed by atoms with Gasteiger partial charge < -0.3 is 4.74 Å². The molecule has 0 aliphatic heterocycles. The first-order chi connectivity index (χ1) is 9.90. The smallest absolute Gasteiger partial charge is 0.0929 e. The molecule has 0 radical (unpaired) electrons. The van der Waals surface area contributed by atoms with Gasteiger partial charge in [-0.25, -0.2) is 0 Å². The predicted octanol–water partition coefficient (Wildman–Crippen LogP) is 6.16. The van der Waals surface area contributed by atoms with Crippen LogP contribution >= 0.6 is 38.5 Å². The minimum atomic E-state index is 0.193. The van der Waals surface area contributed by atoms with E-state index in [9.17, 15) is 0 Å². The van der Waals surface area contributed by atoms with Crippen molar-refractivity contribution >= 4 is 38.5 Å². The second kappa shape index (κ2) is 5.79. The largest absolute Gasteiger partial charge is 0.369 e. The van der Waals surface area contributed by atoms with E-state index >= 15 is 0 Å². The van der Waals surface area contributed by atoms with Gasteiger partial charge in [0.25, 0.3) is 0 Å². The molecule has 4 unspecified atom stereocenters. The van der Waals surface area contributed by atoms with E-state index in [2.05, 4.69) is 83.6 Å². The molecule has 3 rings (SSSR count). The van der Waals surface area contributed by atoms with Crippen molar-refractivity contribution in [2.45, 2.75) is 52.2 Å². The second-order valence-corrected chi connectivity index (χ2v) is 9.13. The zero-order chi connectivity index (χ0) is 15.3. The van der Waals surface area contributed by atoms with Crippen LogP contribution in [-0.4, -0.2) is 10.5 Å². The van der Waals surface area contributed by atoms with E-state index in [1.807, 2.05) is 0 Å². The maximum atomic E-state index is 6.66. The van der Waals surface area contributed by atoms with Crippen molar-refractivity contribution < 1.29 is 4.74 Å². The highest BCUT2D eigenvalue weighted by molar-refractivity contribution is 14.1. The molecule has 0 spiro atoms. The van der Waals surface area contributed by atoms with E-state index < -0.39 is 0 Å². The van der Waals surface area contributed by atoms with Gasteiger partial charge in [0.1, 0.15) is 0 Å². The normalized spacial score (nSPS) is 35.1. The Bertz CT molecular complexity index is 530. The van der Waals surface area contributed by atoms with Gasteiger partial charge in [-0.3, -0.25) is 0 Å². The third-order valence-corrected chi connectivity index (χ3v) is 7.96. The molecule has 3 heteroatoms. The number of rotatable bonds is 4. The van der Waals surface area contributed by atoms with Gasteiger partial charge >= 0.3 is 0 Å². The third-order valence-electron chi connectivity index (χ3n) is 6.43.